The van der Waals surface area contributed by atoms with E-state index in [0.717, 1.165) is 22.3 Å². The predicted molar refractivity (Wildman–Crippen MR) is 95.8 cm³/mol. The Bertz CT molecular complexity index is 1190. The number of hydrogen-bond acceptors (Lipinski definition) is 7. The number of rotatable bonds is 4. The first-order valence-electron chi connectivity index (χ1n) is 8.01. The number of benzene rings is 1. The second-order valence-corrected chi connectivity index (χ2v) is 5.78. The first kappa shape index (κ1) is 14.5. The molecule has 4 heterocycles. The maximum absolute atomic E-state index is 4.57. The second-order valence-electron chi connectivity index (χ2n) is 5.78. The third-order valence-corrected chi connectivity index (χ3v) is 3.99. The van der Waals surface area contributed by atoms with Crippen LogP contribution in [0.5, 0.6) is 0 Å². The zero-order valence-electron chi connectivity index (χ0n) is 13.5. The lowest BCUT2D eigenvalue weighted by Crippen LogP contribution is -2.04. The number of nitrogens with zero attached hydrogens (tertiary/aromatic N) is 7. The van der Waals surface area contributed by atoms with Crippen LogP contribution in [0.4, 0.5) is 11.6 Å². The van der Waals surface area contributed by atoms with Gasteiger partial charge in [-0.1, -0.05) is 17.3 Å². The van der Waals surface area contributed by atoms with Crippen molar-refractivity contribution in [1.29, 1.82) is 0 Å². The van der Waals surface area contributed by atoms with Crippen molar-refractivity contribution in [2.45, 2.75) is 6.54 Å². The van der Waals surface area contributed by atoms with Crippen LogP contribution in [0.15, 0.2) is 55.0 Å². The lowest BCUT2D eigenvalue weighted by Gasteiger charge is -2.05. The molecule has 26 heavy (non-hydrogen) atoms. The molecule has 0 atom stereocenters. The highest BCUT2D eigenvalue weighted by molar-refractivity contribution is 5.79. The third kappa shape index (κ3) is 2.61. The molecule has 9 heteroatoms. The predicted octanol–water partition coefficient (Wildman–Crippen LogP) is 2.28. The van der Waals surface area contributed by atoms with Gasteiger partial charge in [0.05, 0.1) is 24.5 Å². The first-order valence-corrected chi connectivity index (χ1v) is 8.01. The van der Waals surface area contributed by atoms with Gasteiger partial charge in [0.25, 0.3) is 0 Å². The van der Waals surface area contributed by atoms with E-state index in [2.05, 4.69) is 46.8 Å². The van der Waals surface area contributed by atoms with E-state index in [0.29, 0.717) is 23.7 Å². The average Bonchev–Trinajstić information content (AvgIpc) is 3.32. The molecule has 0 unspecified atom stereocenters. The van der Waals surface area contributed by atoms with Crippen LogP contribution in [0.3, 0.4) is 0 Å². The minimum Gasteiger partial charge on any atom is -0.324 e. The molecule has 0 bridgehead atoms. The van der Waals surface area contributed by atoms with Gasteiger partial charge in [0, 0.05) is 17.6 Å². The third-order valence-electron chi connectivity index (χ3n) is 3.99. The van der Waals surface area contributed by atoms with Crippen molar-refractivity contribution in [2.75, 3.05) is 5.32 Å². The Morgan fingerprint density at radius 3 is 3.00 bits per heavy atom. The Balaban J connectivity index is 1.49. The van der Waals surface area contributed by atoms with Gasteiger partial charge in [-0.2, -0.15) is 5.10 Å². The summed E-state index contributed by atoms with van der Waals surface area (Å²) in [6.07, 6.45) is 5.06. The number of aromatic nitrogens is 8. The first-order chi connectivity index (χ1) is 12.8. The summed E-state index contributed by atoms with van der Waals surface area (Å²) in [7, 11) is 0. The lowest BCUT2D eigenvalue weighted by atomic mass is 10.1. The van der Waals surface area contributed by atoms with E-state index in [1.165, 1.54) is 0 Å². The van der Waals surface area contributed by atoms with E-state index < -0.39 is 0 Å². The molecule has 0 fully saturated rings. The van der Waals surface area contributed by atoms with E-state index >= 15 is 0 Å². The number of pyridine rings is 1. The molecule has 1 aromatic carbocycles. The zero-order chi connectivity index (χ0) is 17.3. The molecule has 2 N–H and O–H groups in total. The number of nitrogens with one attached hydrogen (secondary N) is 2. The van der Waals surface area contributed by atoms with Crippen LogP contribution < -0.4 is 5.32 Å². The molecule has 0 spiro atoms. The highest BCUT2D eigenvalue weighted by Gasteiger charge is 2.10. The normalized spacial score (nSPS) is 11.2. The van der Waals surface area contributed by atoms with Gasteiger partial charge in [0.1, 0.15) is 5.82 Å². The monoisotopic (exact) mass is 343 g/mol. The maximum Gasteiger partial charge on any atom is 0.221 e. The number of aromatic amines is 1. The Morgan fingerprint density at radius 2 is 2.08 bits per heavy atom. The number of anilines is 2. The van der Waals surface area contributed by atoms with Crippen molar-refractivity contribution < 1.29 is 0 Å². The van der Waals surface area contributed by atoms with Crippen molar-refractivity contribution in [1.82, 2.24) is 40.1 Å². The molecule has 0 aliphatic carbocycles. The fourth-order valence-electron chi connectivity index (χ4n) is 2.78. The van der Waals surface area contributed by atoms with E-state index in [1.54, 1.807) is 23.3 Å². The van der Waals surface area contributed by atoms with Crippen LogP contribution in [0.1, 0.15) is 5.56 Å². The highest BCUT2D eigenvalue weighted by Crippen LogP contribution is 2.17. The summed E-state index contributed by atoms with van der Waals surface area (Å²) < 4.78 is 1.73. The van der Waals surface area contributed by atoms with Crippen LogP contribution in [0.25, 0.3) is 22.2 Å². The summed E-state index contributed by atoms with van der Waals surface area (Å²) >= 11 is 0. The summed E-state index contributed by atoms with van der Waals surface area (Å²) in [5, 5.41) is 19.2. The van der Waals surface area contributed by atoms with E-state index in [1.807, 2.05) is 30.3 Å². The SMILES string of the molecule is c1cnc2ccc(Cn3nnc4ncc(Nc5ccn[nH]5)nc43)cc2c1. The molecule has 9 nitrogen and oxygen atoms in total. The van der Waals surface area contributed by atoms with Crippen LogP contribution in [0, 0.1) is 0 Å². The van der Waals surface area contributed by atoms with Crippen molar-refractivity contribution in [3.05, 3.63) is 60.6 Å². The smallest absolute Gasteiger partial charge is 0.221 e. The van der Waals surface area contributed by atoms with E-state index in [9.17, 15) is 0 Å². The van der Waals surface area contributed by atoms with Crippen molar-refractivity contribution in [3.63, 3.8) is 0 Å². The van der Waals surface area contributed by atoms with Crippen molar-refractivity contribution in [2.24, 2.45) is 0 Å². The van der Waals surface area contributed by atoms with Crippen LogP contribution in [0.2, 0.25) is 0 Å². The standard InChI is InChI=1S/C17H13N9/c1-2-12-8-11(3-4-13(12)18-6-1)10-26-17-16(24-25-26)19-9-15(22-17)21-14-5-7-20-23-14/h1-9H,10H2,(H2,20,21,22,23). The molecule has 0 aliphatic rings. The van der Waals surface area contributed by atoms with E-state index in [4.69, 9.17) is 0 Å². The molecule has 0 saturated heterocycles. The van der Waals surface area contributed by atoms with Crippen molar-refractivity contribution >= 4 is 33.8 Å². The van der Waals surface area contributed by atoms with Crippen LogP contribution in [-0.2, 0) is 6.54 Å². The maximum atomic E-state index is 4.57. The molecule has 126 valence electrons. The topological polar surface area (TPSA) is 110 Å². The Morgan fingerprint density at radius 1 is 1.08 bits per heavy atom. The quantitative estimate of drug-likeness (QED) is 0.515. The van der Waals surface area contributed by atoms with Gasteiger partial charge in [-0.05, 0) is 23.8 Å². The average molecular weight is 343 g/mol. The van der Waals surface area contributed by atoms with Crippen LogP contribution in [-0.4, -0.2) is 40.1 Å². The number of hydrogen-bond donors (Lipinski definition) is 2. The fourth-order valence-corrected chi connectivity index (χ4v) is 2.78. The molecule has 0 amide bonds. The number of H-pyrrole nitrogens is 1. The van der Waals surface area contributed by atoms with Gasteiger partial charge in [0.2, 0.25) is 5.65 Å². The Hall–Kier alpha value is -3.88. The number of fused-ring (bicyclic) bond motifs is 2. The van der Waals surface area contributed by atoms with Gasteiger partial charge >= 0.3 is 0 Å². The van der Waals surface area contributed by atoms with Gasteiger partial charge < -0.3 is 5.32 Å². The minimum atomic E-state index is 0.502. The van der Waals surface area contributed by atoms with Gasteiger partial charge in [-0.25, -0.2) is 14.6 Å². The van der Waals surface area contributed by atoms with Crippen LogP contribution >= 0.6 is 0 Å². The molecular weight excluding hydrogens is 330 g/mol. The second kappa shape index (κ2) is 5.88. The van der Waals surface area contributed by atoms with Crippen molar-refractivity contribution in [3.8, 4) is 0 Å². The summed E-state index contributed by atoms with van der Waals surface area (Å²) in [6.45, 7) is 0.545. The molecule has 5 rings (SSSR count). The molecular formula is C17H13N9. The highest BCUT2D eigenvalue weighted by atomic mass is 15.5. The van der Waals surface area contributed by atoms with Gasteiger partial charge in [-0.15, -0.1) is 5.10 Å². The van der Waals surface area contributed by atoms with Gasteiger partial charge in [0.15, 0.2) is 11.5 Å². The summed E-state index contributed by atoms with van der Waals surface area (Å²) in [5.74, 6) is 1.33. The molecule has 0 radical (unpaired) electrons. The summed E-state index contributed by atoms with van der Waals surface area (Å²) in [4.78, 5) is 13.2. The zero-order valence-corrected chi connectivity index (χ0v) is 13.5. The Kier molecular flexibility index (Phi) is 3.27. The summed E-state index contributed by atoms with van der Waals surface area (Å²) in [5.41, 5.74) is 3.17. The largest absolute Gasteiger partial charge is 0.324 e. The minimum absolute atomic E-state index is 0.502. The molecule has 5 aromatic rings. The Labute approximate surface area is 147 Å². The lowest BCUT2D eigenvalue weighted by molar-refractivity contribution is 0.664. The molecule has 4 aromatic heterocycles. The molecule has 0 saturated carbocycles. The fraction of sp³-hybridized carbons (Fsp3) is 0.0588. The van der Waals surface area contributed by atoms with Gasteiger partial charge in [-0.3, -0.25) is 10.1 Å². The van der Waals surface area contributed by atoms with E-state index in [-0.39, 0.29) is 0 Å². The summed E-state index contributed by atoms with van der Waals surface area (Å²) in [6, 6.07) is 11.9. The molecule has 0 aliphatic heterocycles.